The minimum absolute atomic E-state index is 0.0179. The number of nitrogens with one attached hydrogen (secondary N) is 1. The highest BCUT2D eigenvalue weighted by Crippen LogP contribution is 2.53. The molecule has 10 heteroatoms. The fraction of sp³-hybridized carbons (Fsp3) is 0.759. The standard InChI is InChI=1S/C29H42N4O6/c1-16-13-17(2)22(20-15-29(3,4)24(34)21(16)20)26(36)31-9-11-32(12-10-31)28(39)33-23(27(37)38)19(25(33)35)14-18-5-7-30-8-6-18/h13,17-23,30H,5-12,14-15H2,1-4H3,(H,37,38)/t17?,19-,20?,21?,22?,23+/m1/s1. The number of ketones is 1. The lowest BCUT2D eigenvalue weighted by atomic mass is 9.68. The third-order valence-corrected chi connectivity index (χ3v) is 10.0. The number of allylic oxidation sites excluding steroid dienone is 2. The van der Waals surface area contributed by atoms with Gasteiger partial charge in [0.1, 0.15) is 5.78 Å². The van der Waals surface area contributed by atoms with Crippen LogP contribution in [0.3, 0.4) is 0 Å². The molecule has 4 amide bonds. The lowest BCUT2D eigenvalue weighted by molar-refractivity contribution is -0.167. The fourth-order valence-corrected chi connectivity index (χ4v) is 7.95. The van der Waals surface area contributed by atoms with Gasteiger partial charge in [0, 0.05) is 43.4 Å². The third-order valence-electron chi connectivity index (χ3n) is 10.0. The molecule has 1 saturated carbocycles. The molecule has 3 saturated heterocycles. The second-order valence-corrected chi connectivity index (χ2v) is 13.0. The predicted molar refractivity (Wildman–Crippen MR) is 142 cm³/mol. The monoisotopic (exact) mass is 542 g/mol. The van der Waals surface area contributed by atoms with Gasteiger partial charge >= 0.3 is 12.0 Å². The summed E-state index contributed by atoms with van der Waals surface area (Å²) in [5.74, 6) is -2.18. The van der Waals surface area contributed by atoms with E-state index in [0.717, 1.165) is 36.4 Å². The molecule has 0 radical (unpaired) electrons. The van der Waals surface area contributed by atoms with Crippen LogP contribution in [0.1, 0.15) is 53.4 Å². The Hall–Kier alpha value is -2.75. The molecule has 3 heterocycles. The third kappa shape index (κ3) is 4.78. The van der Waals surface area contributed by atoms with Gasteiger partial charge in [-0.1, -0.05) is 32.4 Å². The molecule has 3 aliphatic heterocycles. The van der Waals surface area contributed by atoms with E-state index in [-0.39, 0.29) is 54.4 Å². The Morgan fingerprint density at radius 2 is 1.67 bits per heavy atom. The average Bonchev–Trinajstić information content (AvgIpc) is 3.14. The van der Waals surface area contributed by atoms with E-state index in [4.69, 9.17) is 0 Å². The van der Waals surface area contributed by atoms with Gasteiger partial charge in [-0.2, -0.15) is 0 Å². The molecule has 5 aliphatic rings. The molecule has 0 aromatic carbocycles. The van der Waals surface area contributed by atoms with E-state index in [0.29, 0.717) is 25.9 Å². The fourth-order valence-electron chi connectivity index (χ4n) is 7.95. The maximum absolute atomic E-state index is 13.8. The number of imide groups is 1. The number of piperidine rings is 1. The quantitative estimate of drug-likeness (QED) is 0.411. The number of hydrogen-bond donors (Lipinski definition) is 2. The Bertz CT molecular complexity index is 1090. The Morgan fingerprint density at radius 1 is 1.05 bits per heavy atom. The maximum atomic E-state index is 13.8. The number of carbonyl (C=O) groups is 5. The number of piperazine rings is 1. The van der Waals surface area contributed by atoms with Crippen LogP contribution in [0.15, 0.2) is 11.6 Å². The van der Waals surface area contributed by atoms with Crippen molar-refractivity contribution in [3.8, 4) is 0 Å². The molecule has 0 spiro atoms. The first-order valence-electron chi connectivity index (χ1n) is 14.5. The number of hydrogen-bond acceptors (Lipinski definition) is 6. The van der Waals surface area contributed by atoms with E-state index < -0.39 is 35.3 Å². The average molecular weight is 543 g/mol. The summed E-state index contributed by atoms with van der Waals surface area (Å²) in [6, 6.07) is -1.70. The van der Waals surface area contributed by atoms with E-state index in [1.807, 2.05) is 27.7 Å². The smallest absolute Gasteiger partial charge is 0.327 e. The van der Waals surface area contributed by atoms with Crippen LogP contribution in [0.4, 0.5) is 4.79 Å². The molecule has 0 aromatic heterocycles. The van der Waals surface area contributed by atoms with Crippen LogP contribution in [0, 0.1) is 40.9 Å². The van der Waals surface area contributed by atoms with Crippen molar-refractivity contribution in [3.05, 3.63) is 11.6 Å². The number of nitrogens with zero attached hydrogens (tertiary/aromatic N) is 3. The number of amides is 4. The molecule has 5 rings (SSSR count). The van der Waals surface area contributed by atoms with Crippen molar-refractivity contribution in [1.29, 1.82) is 0 Å². The number of carboxylic acid groups (broad SMARTS) is 1. The van der Waals surface area contributed by atoms with Gasteiger partial charge in [-0.3, -0.25) is 14.4 Å². The number of urea groups is 1. The van der Waals surface area contributed by atoms with Crippen molar-refractivity contribution >= 4 is 29.6 Å². The first kappa shape index (κ1) is 27.8. The van der Waals surface area contributed by atoms with Gasteiger partial charge in [-0.25, -0.2) is 14.5 Å². The zero-order valence-corrected chi connectivity index (χ0v) is 23.5. The van der Waals surface area contributed by atoms with Crippen LogP contribution >= 0.6 is 0 Å². The minimum Gasteiger partial charge on any atom is -0.480 e. The van der Waals surface area contributed by atoms with Crippen molar-refractivity contribution in [2.24, 2.45) is 40.9 Å². The number of Topliss-reactive ketones (excluding diaryl/α,β-unsaturated/α-hetero) is 1. The molecule has 4 unspecified atom stereocenters. The van der Waals surface area contributed by atoms with Crippen LogP contribution in [-0.2, 0) is 19.2 Å². The molecule has 0 aromatic rings. The molecular formula is C29H42N4O6. The van der Waals surface area contributed by atoms with Crippen molar-refractivity contribution in [2.45, 2.75) is 59.4 Å². The first-order valence-corrected chi connectivity index (χ1v) is 14.5. The van der Waals surface area contributed by atoms with Gasteiger partial charge < -0.3 is 20.2 Å². The molecule has 6 atom stereocenters. The summed E-state index contributed by atoms with van der Waals surface area (Å²) in [7, 11) is 0. The van der Waals surface area contributed by atoms with Gasteiger partial charge in [0.15, 0.2) is 6.04 Å². The van der Waals surface area contributed by atoms with Gasteiger partial charge in [-0.05, 0) is 63.5 Å². The van der Waals surface area contributed by atoms with E-state index in [2.05, 4.69) is 11.4 Å². The van der Waals surface area contributed by atoms with Crippen molar-refractivity contribution in [3.63, 3.8) is 0 Å². The number of rotatable bonds is 4. The summed E-state index contributed by atoms with van der Waals surface area (Å²) < 4.78 is 0. The summed E-state index contributed by atoms with van der Waals surface area (Å²) in [6.07, 6.45) is 5.07. The molecule has 10 nitrogen and oxygen atoms in total. The highest BCUT2D eigenvalue weighted by Gasteiger charge is 2.57. The Balaban J connectivity index is 1.21. The van der Waals surface area contributed by atoms with E-state index in [9.17, 15) is 29.1 Å². The SMILES string of the molecule is CC1=CC(C)C(C(=O)N2CCN(C(=O)N3C(=O)[C@H](CC4CCNCC4)[C@H]3C(=O)O)CC2)C2CC(C)(C)C(=O)C12. The van der Waals surface area contributed by atoms with Crippen LogP contribution in [0.2, 0.25) is 0 Å². The number of carboxylic acids is 1. The highest BCUT2D eigenvalue weighted by atomic mass is 16.4. The summed E-state index contributed by atoms with van der Waals surface area (Å²) in [6.45, 7) is 10.8. The van der Waals surface area contributed by atoms with E-state index in [1.54, 1.807) is 4.90 Å². The number of aliphatic carboxylic acids is 1. The Morgan fingerprint density at radius 3 is 2.28 bits per heavy atom. The van der Waals surface area contributed by atoms with Crippen molar-refractivity contribution < 1.29 is 29.1 Å². The number of likely N-dealkylation sites (tertiary alicyclic amines) is 1. The van der Waals surface area contributed by atoms with E-state index in [1.165, 1.54) is 4.90 Å². The minimum atomic E-state index is -1.14. The van der Waals surface area contributed by atoms with Crippen LogP contribution in [0.25, 0.3) is 0 Å². The summed E-state index contributed by atoms with van der Waals surface area (Å²) in [5.41, 5.74) is 0.613. The Kier molecular flexibility index (Phi) is 7.37. The number of fused-ring (bicyclic) bond motifs is 1. The second-order valence-electron chi connectivity index (χ2n) is 13.0. The lowest BCUT2D eigenvalue weighted by Crippen LogP contribution is -2.69. The molecule has 2 aliphatic carbocycles. The number of carbonyl (C=O) groups excluding carboxylic acids is 4. The molecule has 2 N–H and O–H groups in total. The Labute approximate surface area is 230 Å². The highest BCUT2D eigenvalue weighted by molar-refractivity contribution is 6.07. The van der Waals surface area contributed by atoms with Gasteiger partial charge in [0.05, 0.1) is 5.92 Å². The largest absolute Gasteiger partial charge is 0.480 e. The molecule has 4 fully saturated rings. The van der Waals surface area contributed by atoms with Crippen LogP contribution in [0.5, 0.6) is 0 Å². The lowest BCUT2D eigenvalue weighted by Gasteiger charge is -2.47. The zero-order valence-electron chi connectivity index (χ0n) is 23.5. The molecule has 0 bridgehead atoms. The van der Waals surface area contributed by atoms with Crippen molar-refractivity contribution in [2.75, 3.05) is 39.3 Å². The summed E-state index contributed by atoms with van der Waals surface area (Å²) >= 11 is 0. The van der Waals surface area contributed by atoms with Crippen molar-refractivity contribution in [1.82, 2.24) is 20.0 Å². The van der Waals surface area contributed by atoms with Gasteiger partial charge in [0.2, 0.25) is 11.8 Å². The van der Waals surface area contributed by atoms with Crippen LogP contribution in [-0.4, -0.2) is 94.7 Å². The van der Waals surface area contributed by atoms with Crippen LogP contribution < -0.4 is 5.32 Å². The summed E-state index contributed by atoms with van der Waals surface area (Å²) in [4.78, 5) is 69.3. The van der Waals surface area contributed by atoms with Gasteiger partial charge in [0.25, 0.3) is 0 Å². The van der Waals surface area contributed by atoms with E-state index >= 15 is 0 Å². The first-order chi connectivity index (χ1) is 18.4. The predicted octanol–water partition coefficient (Wildman–Crippen LogP) is 2.00. The molecule has 39 heavy (non-hydrogen) atoms. The zero-order chi connectivity index (χ0) is 28.2. The molecule has 214 valence electrons. The second kappa shape index (κ2) is 10.3. The number of β-lactam (4-membered cyclic amide) rings is 1. The topological polar surface area (TPSA) is 127 Å². The van der Waals surface area contributed by atoms with Gasteiger partial charge in [-0.15, -0.1) is 0 Å². The normalized spacial score (nSPS) is 34.9. The summed E-state index contributed by atoms with van der Waals surface area (Å²) in [5, 5.41) is 13.1. The maximum Gasteiger partial charge on any atom is 0.327 e. The molecular weight excluding hydrogens is 500 g/mol.